The van der Waals surface area contributed by atoms with Gasteiger partial charge in [-0.3, -0.25) is 19.5 Å². The molecule has 35 heavy (non-hydrogen) atoms. The number of aromatic nitrogens is 2. The summed E-state index contributed by atoms with van der Waals surface area (Å²) in [5.74, 6) is 0.322. The Bertz CT molecular complexity index is 1130. The number of hydrogen-bond acceptors (Lipinski definition) is 6. The molecular weight excluding hydrogens is 444 g/mol. The number of nitrogens with one attached hydrogen (secondary N) is 1. The summed E-state index contributed by atoms with van der Waals surface area (Å²) in [6.07, 6.45) is 9.55. The maximum atomic E-state index is 13.9. The Morgan fingerprint density at radius 1 is 0.971 bits per heavy atom. The molecule has 1 heterocycles. The van der Waals surface area contributed by atoms with Crippen LogP contribution in [0.2, 0.25) is 0 Å². The van der Waals surface area contributed by atoms with E-state index >= 15 is 0 Å². The summed E-state index contributed by atoms with van der Waals surface area (Å²) in [6, 6.07) is 13.5. The van der Waals surface area contributed by atoms with Gasteiger partial charge in [-0.15, -0.1) is 0 Å². The second-order valence-corrected chi connectivity index (χ2v) is 8.46. The van der Waals surface area contributed by atoms with Gasteiger partial charge in [0.2, 0.25) is 5.91 Å². The number of carbonyl (C=O) groups is 2. The van der Waals surface area contributed by atoms with Crippen LogP contribution in [0.15, 0.2) is 67.1 Å². The first-order valence-electron chi connectivity index (χ1n) is 11.8. The summed E-state index contributed by atoms with van der Waals surface area (Å²) < 4.78 is 10.9. The molecule has 8 heteroatoms. The van der Waals surface area contributed by atoms with E-state index in [1.165, 1.54) is 29.9 Å². The van der Waals surface area contributed by atoms with Crippen LogP contribution >= 0.6 is 0 Å². The fourth-order valence-corrected chi connectivity index (χ4v) is 4.47. The van der Waals surface area contributed by atoms with Crippen LogP contribution in [0.4, 0.5) is 5.69 Å². The Morgan fingerprint density at radius 3 is 2.37 bits per heavy atom. The van der Waals surface area contributed by atoms with Crippen molar-refractivity contribution in [1.29, 1.82) is 0 Å². The molecule has 0 saturated heterocycles. The van der Waals surface area contributed by atoms with Crippen molar-refractivity contribution >= 4 is 17.5 Å². The number of anilines is 1. The number of amides is 2. The normalized spacial score (nSPS) is 14.6. The lowest BCUT2D eigenvalue weighted by Crippen LogP contribution is -2.47. The van der Waals surface area contributed by atoms with Crippen molar-refractivity contribution in [1.82, 2.24) is 15.3 Å². The largest absolute Gasteiger partial charge is 0.493 e. The van der Waals surface area contributed by atoms with Gasteiger partial charge >= 0.3 is 0 Å². The zero-order valence-corrected chi connectivity index (χ0v) is 20.0. The van der Waals surface area contributed by atoms with Crippen LogP contribution < -0.4 is 19.7 Å². The Balaban J connectivity index is 1.82. The standard InChI is InChI=1S/C27H30N4O4/c1-34-23-14-13-19(17-24(23)35-2)25(26(32)30-20-9-5-3-6-10-20)31(21-11-7-4-8-12-21)27(33)22-18-28-15-16-29-22/h4,7-8,11-18,20,25H,3,5-6,9-10H2,1-2H3,(H,30,32)/t25-/m1/s1. The zero-order chi connectivity index (χ0) is 24.6. The summed E-state index contributed by atoms with van der Waals surface area (Å²) in [5, 5.41) is 3.20. The number of rotatable bonds is 8. The van der Waals surface area contributed by atoms with E-state index in [1.54, 1.807) is 44.6 Å². The third kappa shape index (κ3) is 5.59. The van der Waals surface area contributed by atoms with Crippen molar-refractivity contribution < 1.29 is 19.1 Å². The molecule has 4 rings (SSSR count). The van der Waals surface area contributed by atoms with Crippen LogP contribution in [0.5, 0.6) is 11.5 Å². The van der Waals surface area contributed by atoms with Crippen molar-refractivity contribution in [2.24, 2.45) is 0 Å². The number of ether oxygens (including phenoxy) is 2. The topological polar surface area (TPSA) is 93.7 Å². The van der Waals surface area contributed by atoms with Gasteiger partial charge in [-0.25, -0.2) is 4.98 Å². The van der Waals surface area contributed by atoms with Gasteiger partial charge in [0.05, 0.1) is 20.4 Å². The number of methoxy groups -OCH3 is 2. The minimum Gasteiger partial charge on any atom is -0.493 e. The third-order valence-electron chi connectivity index (χ3n) is 6.22. The Kier molecular flexibility index (Phi) is 7.92. The predicted octanol–water partition coefficient (Wildman–Crippen LogP) is 4.33. The van der Waals surface area contributed by atoms with Gasteiger partial charge in [-0.05, 0) is 42.7 Å². The van der Waals surface area contributed by atoms with Crippen molar-refractivity contribution in [2.75, 3.05) is 19.1 Å². The lowest BCUT2D eigenvalue weighted by atomic mass is 9.94. The maximum Gasteiger partial charge on any atom is 0.279 e. The predicted molar refractivity (Wildman–Crippen MR) is 133 cm³/mol. The van der Waals surface area contributed by atoms with Crippen LogP contribution in [0.3, 0.4) is 0 Å². The molecule has 0 aliphatic heterocycles. The minimum atomic E-state index is -0.964. The number of benzene rings is 2. The molecule has 1 aliphatic rings. The zero-order valence-electron chi connectivity index (χ0n) is 20.0. The van der Waals surface area contributed by atoms with E-state index in [0.717, 1.165) is 25.7 Å². The first kappa shape index (κ1) is 24.2. The molecule has 0 spiro atoms. The quantitative estimate of drug-likeness (QED) is 0.522. The number of hydrogen-bond donors (Lipinski definition) is 1. The van der Waals surface area contributed by atoms with Crippen molar-refractivity contribution in [2.45, 2.75) is 44.2 Å². The van der Waals surface area contributed by atoms with Crippen LogP contribution in [0.25, 0.3) is 0 Å². The highest BCUT2D eigenvalue weighted by atomic mass is 16.5. The summed E-state index contributed by atoms with van der Waals surface area (Å²) in [7, 11) is 3.09. The van der Waals surface area contributed by atoms with Crippen LogP contribution in [-0.2, 0) is 4.79 Å². The third-order valence-corrected chi connectivity index (χ3v) is 6.22. The highest BCUT2D eigenvalue weighted by Gasteiger charge is 2.35. The summed E-state index contributed by atoms with van der Waals surface area (Å²) in [5.41, 5.74) is 1.31. The second kappa shape index (κ2) is 11.5. The molecule has 1 fully saturated rings. The molecule has 0 bridgehead atoms. The van der Waals surface area contributed by atoms with E-state index in [9.17, 15) is 9.59 Å². The lowest BCUT2D eigenvalue weighted by Gasteiger charge is -2.33. The van der Waals surface area contributed by atoms with Crippen LogP contribution in [0, 0.1) is 0 Å². The highest BCUT2D eigenvalue weighted by Crippen LogP contribution is 2.35. The van der Waals surface area contributed by atoms with Crippen LogP contribution in [0.1, 0.15) is 54.2 Å². The Morgan fingerprint density at radius 2 is 1.71 bits per heavy atom. The summed E-state index contributed by atoms with van der Waals surface area (Å²) in [6.45, 7) is 0. The monoisotopic (exact) mass is 474 g/mol. The number of carbonyl (C=O) groups excluding carboxylic acids is 2. The first-order chi connectivity index (χ1) is 17.1. The fourth-order valence-electron chi connectivity index (χ4n) is 4.47. The van der Waals surface area contributed by atoms with Crippen molar-refractivity contribution in [3.8, 4) is 11.5 Å². The summed E-state index contributed by atoms with van der Waals surface area (Å²) in [4.78, 5) is 37.5. The molecule has 8 nitrogen and oxygen atoms in total. The van der Waals surface area contributed by atoms with Gasteiger partial charge in [-0.1, -0.05) is 43.5 Å². The van der Waals surface area contributed by atoms with Gasteiger partial charge in [0.25, 0.3) is 5.91 Å². The molecule has 0 radical (unpaired) electrons. The average molecular weight is 475 g/mol. The van der Waals surface area contributed by atoms with Crippen molar-refractivity contribution in [3.05, 3.63) is 78.4 Å². The smallest absolute Gasteiger partial charge is 0.279 e. The number of nitrogens with zero attached hydrogens (tertiary/aromatic N) is 3. The molecule has 2 aromatic carbocycles. The van der Waals surface area contributed by atoms with E-state index in [2.05, 4.69) is 15.3 Å². The molecule has 1 N–H and O–H groups in total. The van der Waals surface area contributed by atoms with Crippen LogP contribution in [-0.4, -0.2) is 42.0 Å². The van der Waals surface area contributed by atoms with E-state index in [0.29, 0.717) is 22.7 Å². The number of para-hydroxylation sites is 1. The van der Waals surface area contributed by atoms with E-state index in [1.807, 2.05) is 18.2 Å². The average Bonchev–Trinajstić information content (AvgIpc) is 2.92. The highest BCUT2D eigenvalue weighted by molar-refractivity contribution is 6.09. The Hall–Kier alpha value is -3.94. The molecule has 2 amide bonds. The van der Waals surface area contributed by atoms with Gasteiger partial charge < -0.3 is 14.8 Å². The molecule has 1 saturated carbocycles. The van der Waals surface area contributed by atoms with E-state index < -0.39 is 11.9 Å². The van der Waals surface area contributed by atoms with Crippen molar-refractivity contribution in [3.63, 3.8) is 0 Å². The van der Waals surface area contributed by atoms with E-state index in [-0.39, 0.29) is 17.6 Å². The van der Waals surface area contributed by atoms with Gasteiger partial charge in [-0.2, -0.15) is 0 Å². The molecule has 1 aromatic heterocycles. The fraction of sp³-hybridized carbons (Fsp3) is 0.333. The first-order valence-corrected chi connectivity index (χ1v) is 11.8. The molecule has 1 aliphatic carbocycles. The van der Waals surface area contributed by atoms with Gasteiger partial charge in [0.1, 0.15) is 11.7 Å². The minimum absolute atomic E-state index is 0.0723. The Labute approximate surface area is 205 Å². The van der Waals surface area contributed by atoms with Gasteiger partial charge in [0.15, 0.2) is 11.5 Å². The lowest BCUT2D eigenvalue weighted by molar-refractivity contribution is -0.123. The van der Waals surface area contributed by atoms with Gasteiger partial charge in [0, 0.05) is 24.1 Å². The SMILES string of the molecule is COc1ccc([C@H](C(=O)NC2CCCCC2)N(C(=O)c2cnccn2)c2ccccc2)cc1OC. The molecule has 0 unspecified atom stereocenters. The molecule has 1 atom stereocenters. The molecule has 3 aromatic rings. The van der Waals surface area contributed by atoms with E-state index in [4.69, 9.17) is 9.47 Å². The molecule has 182 valence electrons. The maximum absolute atomic E-state index is 13.9. The summed E-state index contributed by atoms with van der Waals surface area (Å²) >= 11 is 0. The molecular formula is C27H30N4O4. The second-order valence-electron chi connectivity index (χ2n) is 8.46.